The summed E-state index contributed by atoms with van der Waals surface area (Å²) < 4.78 is 25.2. The molecule has 0 aliphatic rings. The Hall–Kier alpha value is -4.21. The van der Waals surface area contributed by atoms with Gasteiger partial charge in [-0.15, -0.1) is 0 Å². The number of methoxy groups -OCH3 is 2. The monoisotopic (exact) mass is 450 g/mol. The fourth-order valence-corrected chi connectivity index (χ4v) is 3.34. The summed E-state index contributed by atoms with van der Waals surface area (Å²) >= 11 is 0. The Bertz CT molecular complexity index is 1260. The van der Waals surface area contributed by atoms with Crippen LogP contribution in [-0.2, 0) is 13.1 Å². The van der Waals surface area contributed by atoms with E-state index in [9.17, 15) is 9.18 Å². The molecular formula is C23H23FN6O3. The third-order valence-corrected chi connectivity index (χ3v) is 5.07. The van der Waals surface area contributed by atoms with Crippen LogP contribution < -0.4 is 20.1 Å². The minimum atomic E-state index is -0.276. The van der Waals surface area contributed by atoms with Crippen LogP contribution in [0.25, 0.3) is 11.0 Å². The Morgan fingerprint density at radius 3 is 2.67 bits per heavy atom. The smallest absolute Gasteiger partial charge is 0.255 e. The van der Waals surface area contributed by atoms with E-state index >= 15 is 0 Å². The number of amides is 1. The van der Waals surface area contributed by atoms with Crippen molar-refractivity contribution in [2.24, 2.45) is 0 Å². The fourth-order valence-electron chi connectivity index (χ4n) is 3.34. The highest BCUT2D eigenvalue weighted by Crippen LogP contribution is 2.24. The lowest BCUT2D eigenvalue weighted by Gasteiger charge is -2.11. The molecule has 2 N–H and O–H groups in total. The van der Waals surface area contributed by atoms with Crippen molar-refractivity contribution in [2.75, 3.05) is 26.1 Å². The molecule has 10 heteroatoms. The van der Waals surface area contributed by atoms with Gasteiger partial charge in [0, 0.05) is 19.2 Å². The van der Waals surface area contributed by atoms with E-state index in [1.165, 1.54) is 25.6 Å². The highest BCUT2D eigenvalue weighted by Gasteiger charge is 2.14. The summed E-state index contributed by atoms with van der Waals surface area (Å²) in [6, 6.07) is 11.3. The van der Waals surface area contributed by atoms with Gasteiger partial charge in [0.05, 0.1) is 37.9 Å². The number of hydrogen-bond donors (Lipinski definition) is 2. The Morgan fingerprint density at radius 2 is 1.91 bits per heavy atom. The number of anilines is 1. The van der Waals surface area contributed by atoms with Crippen LogP contribution in [-0.4, -0.2) is 46.4 Å². The van der Waals surface area contributed by atoms with Gasteiger partial charge in [-0.2, -0.15) is 5.10 Å². The Labute approximate surface area is 189 Å². The van der Waals surface area contributed by atoms with E-state index in [1.807, 2.05) is 0 Å². The molecular weight excluding hydrogens is 427 g/mol. The standard InChI is InChI=1S/C23H23FN6O3/c1-32-17-7-8-18(20(11-17)33-2)23(31)25-9-10-30-22-19(13-29-30)21(27-14-28-22)26-12-15-3-5-16(24)6-4-15/h3-8,11,13-14H,9-10,12H2,1-2H3,(H,25,31)(H,26,27,28). The van der Waals surface area contributed by atoms with Gasteiger partial charge in [0.1, 0.15) is 29.5 Å². The highest BCUT2D eigenvalue weighted by atomic mass is 19.1. The van der Waals surface area contributed by atoms with Crippen molar-refractivity contribution in [1.29, 1.82) is 0 Å². The van der Waals surface area contributed by atoms with Gasteiger partial charge >= 0.3 is 0 Å². The van der Waals surface area contributed by atoms with E-state index < -0.39 is 0 Å². The number of nitrogens with zero attached hydrogens (tertiary/aromatic N) is 4. The summed E-state index contributed by atoms with van der Waals surface area (Å²) in [6.07, 6.45) is 3.13. The van der Waals surface area contributed by atoms with E-state index in [-0.39, 0.29) is 11.7 Å². The van der Waals surface area contributed by atoms with Gasteiger partial charge in [-0.3, -0.25) is 4.79 Å². The molecule has 0 fully saturated rings. The second kappa shape index (κ2) is 9.94. The summed E-state index contributed by atoms with van der Waals surface area (Å²) in [4.78, 5) is 21.2. The number of benzene rings is 2. The van der Waals surface area contributed by atoms with Crippen LogP contribution in [0.2, 0.25) is 0 Å². The van der Waals surface area contributed by atoms with Crippen LogP contribution in [0.1, 0.15) is 15.9 Å². The number of nitrogens with one attached hydrogen (secondary N) is 2. The van der Waals surface area contributed by atoms with Gasteiger partial charge in [-0.05, 0) is 29.8 Å². The molecule has 0 aliphatic carbocycles. The number of ether oxygens (including phenoxy) is 2. The molecule has 1 amide bonds. The zero-order valence-electron chi connectivity index (χ0n) is 18.2. The third-order valence-electron chi connectivity index (χ3n) is 5.07. The maximum absolute atomic E-state index is 13.1. The third kappa shape index (κ3) is 5.00. The van der Waals surface area contributed by atoms with Crippen molar-refractivity contribution in [3.05, 3.63) is 71.9 Å². The molecule has 4 rings (SSSR count). The zero-order chi connectivity index (χ0) is 23.2. The molecule has 0 saturated heterocycles. The van der Waals surface area contributed by atoms with E-state index in [0.717, 1.165) is 10.9 Å². The molecule has 0 spiro atoms. The molecule has 0 aliphatic heterocycles. The van der Waals surface area contributed by atoms with Crippen molar-refractivity contribution in [1.82, 2.24) is 25.1 Å². The molecule has 2 aromatic heterocycles. The second-order valence-corrected chi connectivity index (χ2v) is 7.13. The Balaban J connectivity index is 1.40. The lowest BCUT2D eigenvalue weighted by Crippen LogP contribution is -2.28. The Morgan fingerprint density at radius 1 is 1.09 bits per heavy atom. The number of hydrogen-bond acceptors (Lipinski definition) is 7. The predicted octanol–water partition coefficient (Wildman–Crippen LogP) is 3.02. The average Bonchev–Trinajstić information content (AvgIpc) is 3.26. The lowest BCUT2D eigenvalue weighted by molar-refractivity contribution is 0.0949. The van der Waals surface area contributed by atoms with Gasteiger partial charge in [-0.25, -0.2) is 19.0 Å². The molecule has 33 heavy (non-hydrogen) atoms. The molecule has 2 heterocycles. The first-order valence-corrected chi connectivity index (χ1v) is 10.2. The summed E-state index contributed by atoms with van der Waals surface area (Å²) in [5, 5.41) is 11.2. The SMILES string of the molecule is COc1ccc(C(=O)NCCn2ncc3c(NCc4ccc(F)cc4)ncnc32)c(OC)c1. The highest BCUT2D eigenvalue weighted by molar-refractivity contribution is 5.97. The quantitative estimate of drug-likeness (QED) is 0.404. The van der Waals surface area contributed by atoms with Crippen LogP contribution in [0.3, 0.4) is 0 Å². The molecule has 170 valence electrons. The van der Waals surface area contributed by atoms with Crippen molar-refractivity contribution >= 4 is 22.8 Å². The number of carbonyl (C=O) groups is 1. The first-order valence-electron chi connectivity index (χ1n) is 10.2. The normalized spacial score (nSPS) is 10.8. The van der Waals surface area contributed by atoms with Crippen LogP contribution in [0.5, 0.6) is 11.5 Å². The lowest BCUT2D eigenvalue weighted by atomic mass is 10.1. The van der Waals surface area contributed by atoms with Crippen LogP contribution in [0, 0.1) is 5.82 Å². The van der Waals surface area contributed by atoms with Crippen molar-refractivity contribution < 1.29 is 18.7 Å². The maximum Gasteiger partial charge on any atom is 0.255 e. The van der Waals surface area contributed by atoms with Gasteiger partial charge in [-0.1, -0.05) is 12.1 Å². The van der Waals surface area contributed by atoms with Gasteiger partial charge in [0.2, 0.25) is 0 Å². The summed E-state index contributed by atoms with van der Waals surface area (Å²) in [6.45, 7) is 1.24. The molecule has 4 aromatic rings. The topological polar surface area (TPSA) is 103 Å². The van der Waals surface area contributed by atoms with Crippen LogP contribution >= 0.6 is 0 Å². The van der Waals surface area contributed by atoms with E-state index in [4.69, 9.17) is 9.47 Å². The van der Waals surface area contributed by atoms with Gasteiger partial charge in [0.25, 0.3) is 5.91 Å². The first-order chi connectivity index (χ1) is 16.1. The molecule has 0 unspecified atom stereocenters. The van der Waals surface area contributed by atoms with Crippen molar-refractivity contribution in [3.63, 3.8) is 0 Å². The molecule has 0 radical (unpaired) electrons. The second-order valence-electron chi connectivity index (χ2n) is 7.13. The molecule has 2 aromatic carbocycles. The largest absolute Gasteiger partial charge is 0.497 e. The summed E-state index contributed by atoms with van der Waals surface area (Å²) in [5.74, 6) is 1.13. The Kier molecular flexibility index (Phi) is 6.63. The molecule has 0 saturated carbocycles. The minimum Gasteiger partial charge on any atom is -0.497 e. The van der Waals surface area contributed by atoms with Crippen molar-refractivity contribution in [3.8, 4) is 11.5 Å². The van der Waals surface area contributed by atoms with Gasteiger partial charge in [0.15, 0.2) is 5.65 Å². The van der Waals surface area contributed by atoms with Crippen LogP contribution in [0.15, 0.2) is 55.0 Å². The minimum absolute atomic E-state index is 0.262. The van der Waals surface area contributed by atoms with E-state index in [2.05, 4.69) is 25.7 Å². The predicted molar refractivity (Wildman–Crippen MR) is 121 cm³/mol. The number of fused-ring (bicyclic) bond motifs is 1. The first kappa shape index (κ1) is 22.0. The van der Waals surface area contributed by atoms with Crippen LogP contribution in [0.4, 0.5) is 10.2 Å². The number of halogens is 1. The zero-order valence-corrected chi connectivity index (χ0v) is 18.2. The molecule has 9 nitrogen and oxygen atoms in total. The molecule has 0 atom stereocenters. The summed E-state index contributed by atoms with van der Waals surface area (Å²) in [7, 11) is 3.05. The van der Waals surface area contributed by atoms with E-state index in [1.54, 1.807) is 48.3 Å². The fraction of sp³-hybridized carbons (Fsp3) is 0.217. The average molecular weight is 450 g/mol. The number of rotatable bonds is 9. The maximum atomic E-state index is 13.1. The van der Waals surface area contributed by atoms with Gasteiger partial charge < -0.3 is 20.1 Å². The summed E-state index contributed by atoms with van der Waals surface area (Å²) in [5.41, 5.74) is 1.98. The van der Waals surface area contributed by atoms with E-state index in [0.29, 0.717) is 48.2 Å². The number of carbonyl (C=O) groups excluding carboxylic acids is 1. The molecule has 0 bridgehead atoms. The number of aromatic nitrogens is 4. The van der Waals surface area contributed by atoms with Crippen molar-refractivity contribution in [2.45, 2.75) is 13.1 Å².